The number of guanidine groups is 1. The van der Waals surface area contributed by atoms with Crippen molar-refractivity contribution in [3.05, 3.63) is 35.9 Å². The van der Waals surface area contributed by atoms with Gasteiger partial charge in [0.05, 0.1) is 6.54 Å². The molecule has 0 saturated carbocycles. The molecule has 0 amide bonds. The SMILES string of the molecule is CCNC(=NCc1ccccc1)NC(C)C(C)C.I. The Labute approximate surface area is 134 Å². The molecule has 1 rings (SSSR count). The summed E-state index contributed by atoms with van der Waals surface area (Å²) in [5.41, 5.74) is 1.23. The van der Waals surface area contributed by atoms with Crippen molar-refractivity contribution in [3.8, 4) is 0 Å². The highest BCUT2D eigenvalue weighted by Gasteiger charge is 2.08. The van der Waals surface area contributed by atoms with Crippen molar-refractivity contribution in [2.24, 2.45) is 10.9 Å². The summed E-state index contributed by atoms with van der Waals surface area (Å²) >= 11 is 0. The molecular formula is C15H26IN3. The van der Waals surface area contributed by atoms with Crippen molar-refractivity contribution < 1.29 is 0 Å². The van der Waals surface area contributed by atoms with Gasteiger partial charge < -0.3 is 10.6 Å². The van der Waals surface area contributed by atoms with Gasteiger partial charge in [0, 0.05) is 12.6 Å². The number of halogens is 1. The molecule has 0 aliphatic carbocycles. The highest BCUT2D eigenvalue weighted by atomic mass is 127. The van der Waals surface area contributed by atoms with Crippen molar-refractivity contribution in [3.63, 3.8) is 0 Å². The Hall–Kier alpha value is -0.780. The third-order valence-electron chi connectivity index (χ3n) is 2.97. The molecule has 0 fully saturated rings. The van der Waals surface area contributed by atoms with Crippen molar-refractivity contribution in [2.45, 2.75) is 40.3 Å². The molecule has 0 radical (unpaired) electrons. The van der Waals surface area contributed by atoms with Gasteiger partial charge in [-0.2, -0.15) is 0 Å². The van der Waals surface area contributed by atoms with E-state index in [0.717, 1.165) is 12.5 Å². The van der Waals surface area contributed by atoms with E-state index in [9.17, 15) is 0 Å². The number of hydrogen-bond acceptors (Lipinski definition) is 1. The van der Waals surface area contributed by atoms with Gasteiger partial charge >= 0.3 is 0 Å². The van der Waals surface area contributed by atoms with Crippen LogP contribution in [0.15, 0.2) is 35.3 Å². The third-order valence-corrected chi connectivity index (χ3v) is 2.97. The molecule has 0 aliphatic rings. The van der Waals surface area contributed by atoms with Crippen LogP contribution in [0.5, 0.6) is 0 Å². The molecule has 0 saturated heterocycles. The first kappa shape index (κ1) is 18.2. The fourth-order valence-electron chi connectivity index (χ4n) is 1.46. The van der Waals surface area contributed by atoms with Gasteiger partial charge in [0.1, 0.15) is 0 Å². The summed E-state index contributed by atoms with van der Waals surface area (Å²) in [6, 6.07) is 10.7. The minimum absolute atomic E-state index is 0. The van der Waals surface area contributed by atoms with Gasteiger partial charge in [0.15, 0.2) is 5.96 Å². The lowest BCUT2D eigenvalue weighted by atomic mass is 10.1. The second kappa shape index (κ2) is 10.1. The van der Waals surface area contributed by atoms with Crippen LogP contribution in [0.2, 0.25) is 0 Å². The molecular weight excluding hydrogens is 349 g/mol. The molecule has 1 atom stereocenters. The molecule has 1 aromatic rings. The number of nitrogens with one attached hydrogen (secondary N) is 2. The van der Waals surface area contributed by atoms with Gasteiger partial charge in [-0.15, -0.1) is 24.0 Å². The smallest absolute Gasteiger partial charge is 0.191 e. The van der Waals surface area contributed by atoms with E-state index in [4.69, 9.17) is 0 Å². The fourth-order valence-corrected chi connectivity index (χ4v) is 1.46. The van der Waals surface area contributed by atoms with Gasteiger partial charge in [-0.1, -0.05) is 44.2 Å². The van der Waals surface area contributed by atoms with Crippen LogP contribution >= 0.6 is 24.0 Å². The van der Waals surface area contributed by atoms with Crippen LogP contribution in [0.1, 0.15) is 33.3 Å². The van der Waals surface area contributed by atoms with Gasteiger partial charge in [-0.25, -0.2) is 4.99 Å². The minimum Gasteiger partial charge on any atom is -0.357 e. The quantitative estimate of drug-likeness (QED) is 0.470. The molecule has 3 nitrogen and oxygen atoms in total. The van der Waals surface area contributed by atoms with E-state index in [1.807, 2.05) is 18.2 Å². The Morgan fingerprint density at radius 1 is 1.16 bits per heavy atom. The Morgan fingerprint density at radius 3 is 2.32 bits per heavy atom. The standard InChI is InChI=1S/C15H25N3.HI/c1-5-16-15(18-13(4)12(2)3)17-11-14-9-7-6-8-10-14;/h6-10,12-13H,5,11H2,1-4H3,(H2,16,17,18);1H. The van der Waals surface area contributed by atoms with Gasteiger partial charge in [0.25, 0.3) is 0 Å². The highest BCUT2D eigenvalue weighted by Crippen LogP contribution is 2.02. The van der Waals surface area contributed by atoms with E-state index in [0.29, 0.717) is 18.5 Å². The topological polar surface area (TPSA) is 36.4 Å². The molecule has 2 N–H and O–H groups in total. The van der Waals surface area contributed by atoms with E-state index in [1.165, 1.54) is 5.56 Å². The van der Waals surface area contributed by atoms with E-state index in [-0.39, 0.29) is 24.0 Å². The molecule has 0 aliphatic heterocycles. The molecule has 0 heterocycles. The van der Waals surface area contributed by atoms with Gasteiger partial charge in [-0.05, 0) is 25.3 Å². The molecule has 1 unspecified atom stereocenters. The summed E-state index contributed by atoms with van der Waals surface area (Å²) < 4.78 is 0. The summed E-state index contributed by atoms with van der Waals surface area (Å²) in [4.78, 5) is 4.60. The highest BCUT2D eigenvalue weighted by molar-refractivity contribution is 14.0. The van der Waals surface area contributed by atoms with E-state index < -0.39 is 0 Å². The zero-order chi connectivity index (χ0) is 13.4. The Kier molecular flexibility index (Phi) is 9.65. The number of aliphatic imine (C=N–C) groups is 1. The maximum atomic E-state index is 4.60. The van der Waals surface area contributed by atoms with Crippen LogP contribution in [-0.2, 0) is 6.54 Å². The van der Waals surface area contributed by atoms with E-state index in [1.54, 1.807) is 0 Å². The molecule has 0 bridgehead atoms. The average molecular weight is 375 g/mol. The van der Waals surface area contributed by atoms with Crippen molar-refractivity contribution in [1.29, 1.82) is 0 Å². The van der Waals surface area contributed by atoms with E-state index >= 15 is 0 Å². The molecule has 4 heteroatoms. The molecule has 0 aromatic heterocycles. The molecule has 19 heavy (non-hydrogen) atoms. The number of nitrogens with zero attached hydrogens (tertiary/aromatic N) is 1. The summed E-state index contributed by atoms with van der Waals surface area (Å²) in [7, 11) is 0. The van der Waals surface area contributed by atoms with Crippen LogP contribution in [0.3, 0.4) is 0 Å². The lowest BCUT2D eigenvalue weighted by Gasteiger charge is -2.20. The summed E-state index contributed by atoms with van der Waals surface area (Å²) in [6.07, 6.45) is 0. The van der Waals surface area contributed by atoms with Crippen LogP contribution in [0.25, 0.3) is 0 Å². The second-order valence-electron chi connectivity index (χ2n) is 4.86. The predicted molar refractivity (Wildman–Crippen MR) is 94.1 cm³/mol. The first-order valence-electron chi connectivity index (χ1n) is 6.72. The second-order valence-corrected chi connectivity index (χ2v) is 4.86. The van der Waals surface area contributed by atoms with Crippen LogP contribution < -0.4 is 10.6 Å². The lowest BCUT2D eigenvalue weighted by Crippen LogP contribution is -2.44. The summed E-state index contributed by atoms with van der Waals surface area (Å²) in [5, 5.41) is 6.70. The Balaban J connectivity index is 0.00000324. The monoisotopic (exact) mass is 375 g/mol. The molecule has 0 spiro atoms. The normalized spacial score (nSPS) is 12.8. The molecule has 1 aromatic carbocycles. The largest absolute Gasteiger partial charge is 0.357 e. The number of rotatable bonds is 5. The Morgan fingerprint density at radius 2 is 1.79 bits per heavy atom. The van der Waals surface area contributed by atoms with Crippen molar-refractivity contribution in [1.82, 2.24) is 10.6 Å². The van der Waals surface area contributed by atoms with Crippen molar-refractivity contribution in [2.75, 3.05) is 6.54 Å². The fraction of sp³-hybridized carbons (Fsp3) is 0.533. The van der Waals surface area contributed by atoms with Gasteiger partial charge in [-0.3, -0.25) is 0 Å². The third kappa shape index (κ3) is 7.40. The Bertz CT molecular complexity index is 363. The van der Waals surface area contributed by atoms with Crippen LogP contribution in [0.4, 0.5) is 0 Å². The average Bonchev–Trinajstić information content (AvgIpc) is 2.37. The van der Waals surface area contributed by atoms with E-state index in [2.05, 4.69) is 55.5 Å². The molecule has 108 valence electrons. The van der Waals surface area contributed by atoms with Gasteiger partial charge in [0.2, 0.25) is 0 Å². The summed E-state index contributed by atoms with van der Waals surface area (Å²) in [6.45, 7) is 10.3. The first-order chi connectivity index (χ1) is 8.63. The minimum atomic E-state index is 0. The summed E-state index contributed by atoms with van der Waals surface area (Å²) in [5.74, 6) is 1.48. The number of hydrogen-bond donors (Lipinski definition) is 2. The zero-order valence-corrected chi connectivity index (χ0v) is 14.6. The lowest BCUT2D eigenvalue weighted by molar-refractivity contribution is 0.481. The maximum Gasteiger partial charge on any atom is 0.191 e. The maximum absolute atomic E-state index is 4.60. The number of benzene rings is 1. The van der Waals surface area contributed by atoms with Crippen molar-refractivity contribution >= 4 is 29.9 Å². The first-order valence-corrected chi connectivity index (χ1v) is 6.72. The zero-order valence-electron chi connectivity index (χ0n) is 12.3. The predicted octanol–water partition coefficient (Wildman–Crippen LogP) is 3.40. The van der Waals surface area contributed by atoms with Crippen LogP contribution in [-0.4, -0.2) is 18.5 Å². The van der Waals surface area contributed by atoms with Crippen LogP contribution in [0, 0.1) is 5.92 Å².